The fourth-order valence-electron chi connectivity index (χ4n) is 4.60. The monoisotopic (exact) mass is 451 g/mol. The summed E-state index contributed by atoms with van der Waals surface area (Å²) in [4.78, 5) is 19.5. The van der Waals surface area contributed by atoms with Gasteiger partial charge in [0.2, 0.25) is 5.91 Å². The fourth-order valence-corrected chi connectivity index (χ4v) is 4.83. The van der Waals surface area contributed by atoms with Gasteiger partial charge in [-0.05, 0) is 36.7 Å². The zero-order chi connectivity index (χ0) is 22.1. The lowest BCUT2D eigenvalue weighted by atomic mass is 9.95. The van der Waals surface area contributed by atoms with Gasteiger partial charge in [-0.2, -0.15) is 9.61 Å². The molecule has 32 heavy (non-hydrogen) atoms. The number of ether oxygens (including phenoxy) is 1. The minimum absolute atomic E-state index is 0.0565. The minimum atomic E-state index is 0.0565. The van der Waals surface area contributed by atoms with Gasteiger partial charge in [0.25, 0.3) is 0 Å². The smallest absolute Gasteiger partial charge is 0.228 e. The summed E-state index contributed by atoms with van der Waals surface area (Å²) < 4.78 is 7.24. The maximum absolute atomic E-state index is 12.6. The number of carbonyl (C=O) groups is 1. The topological polar surface area (TPSA) is 71.8 Å². The predicted molar refractivity (Wildman–Crippen MR) is 128 cm³/mol. The average Bonchev–Trinajstić information content (AvgIpc) is 3.48. The van der Waals surface area contributed by atoms with Gasteiger partial charge in [-0.3, -0.25) is 4.79 Å². The first kappa shape index (κ1) is 21.3. The van der Waals surface area contributed by atoms with Crippen molar-refractivity contribution in [2.24, 2.45) is 11.8 Å². The molecule has 1 N–H and O–H groups in total. The van der Waals surface area contributed by atoms with Crippen molar-refractivity contribution in [3.05, 3.63) is 41.6 Å². The van der Waals surface area contributed by atoms with Crippen molar-refractivity contribution in [3.63, 3.8) is 0 Å². The van der Waals surface area contributed by atoms with Crippen LogP contribution < -0.4 is 10.8 Å². The molecule has 0 bridgehead atoms. The van der Waals surface area contributed by atoms with Crippen molar-refractivity contribution in [3.8, 4) is 11.3 Å². The largest absolute Gasteiger partial charge is 0.381 e. The Hall–Kier alpha value is -2.58. The van der Waals surface area contributed by atoms with E-state index in [0.29, 0.717) is 24.2 Å². The quantitative estimate of drug-likeness (QED) is 0.601. The molecule has 1 amide bonds. The number of fused-ring (bicyclic) bond motifs is 1. The molecule has 2 aromatic heterocycles. The van der Waals surface area contributed by atoms with Crippen LogP contribution in [0.15, 0.2) is 36.5 Å². The van der Waals surface area contributed by atoms with E-state index in [1.807, 2.05) is 53.8 Å². The molecule has 2 aliphatic rings. The van der Waals surface area contributed by atoms with Gasteiger partial charge in [-0.1, -0.05) is 29.8 Å². The Morgan fingerprint density at radius 3 is 2.81 bits per heavy atom. The molecule has 1 atom stereocenters. The van der Waals surface area contributed by atoms with Gasteiger partial charge in [-0.25, -0.2) is 4.98 Å². The highest BCUT2D eigenvalue weighted by molar-refractivity contribution is 6.36. The molecule has 2 fully saturated rings. The summed E-state index contributed by atoms with van der Waals surface area (Å²) in [6, 6.07) is 9.77. The standard InChI is InChI=1S/C23H27BClN5O2/c24-18-13-27-30-21(11-20(28-22(18)30)17-3-1-2-4-19(17)25)26-12-15-5-8-29(9-6-15)23(31)16-7-10-32-14-16/h1-4,11,13,15-16,26H,5-10,12,14,24H2. The molecule has 2 saturated heterocycles. The molecule has 2 aliphatic heterocycles. The van der Waals surface area contributed by atoms with E-state index in [4.69, 9.17) is 21.3 Å². The maximum atomic E-state index is 12.6. The van der Waals surface area contributed by atoms with Gasteiger partial charge in [0.05, 0.1) is 18.2 Å². The summed E-state index contributed by atoms with van der Waals surface area (Å²) in [5, 5.41) is 8.78. The lowest BCUT2D eigenvalue weighted by Crippen LogP contribution is -2.43. The van der Waals surface area contributed by atoms with Crippen LogP contribution in [-0.4, -0.2) is 66.1 Å². The van der Waals surface area contributed by atoms with Gasteiger partial charge in [0, 0.05) is 49.1 Å². The number of halogens is 1. The van der Waals surface area contributed by atoms with E-state index in [0.717, 1.165) is 67.1 Å². The molecule has 1 unspecified atom stereocenters. The summed E-state index contributed by atoms with van der Waals surface area (Å²) in [6.07, 6.45) is 4.68. The molecular weight excluding hydrogens is 425 g/mol. The molecular formula is C23H27BClN5O2. The molecule has 9 heteroatoms. The predicted octanol–water partition coefficient (Wildman–Crippen LogP) is 2.00. The summed E-state index contributed by atoms with van der Waals surface area (Å²) in [5.74, 6) is 1.73. The van der Waals surface area contributed by atoms with Crippen LogP contribution in [-0.2, 0) is 9.53 Å². The van der Waals surface area contributed by atoms with E-state index in [9.17, 15) is 4.79 Å². The van der Waals surface area contributed by atoms with Crippen molar-refractivity contribution in [2.75, 3.05) is 38.2 Å². The van der Waals surface area contributed by atoms with E-state index < -0.39 is 0 Å². The van der Waals surface area contributed by atoms with E-state index in [1.54, 1.807) is 0 Å². The Kier molecular flexibility index (Phi) is 6.06. The van der Waals surface area contributed by atoms with Crippen molar-refractivity contribution in [1.82, 2.24) is 19.5 Å². The van der Waals surface area contributed by atoms with E-state index in [1.165, 1.54) is 0 Å². The molecule has 166 valence electrons. The number of amides is 1. The highest BCUT2D eigenvalue weighted by Gasteiger charge is 2.30. The Balaban J connectivity index is 1.28. The first-order chi connectivity index (χ1) is 15.6. The highest BCUT2D eigenvalue weighted by Crippen LogP contribution is 2.29. The Bertz CT molecular complexity index is 1120. The van der Waals surface area contributed by atoms with Crippen LogP contribution in [0.3, 0.4) is 0 Å². The van der Waals surface area contributed by atoms with Gasteiger partial charge >= 0.3 is 0 Å². The SMILES string of the molecule is Bc1cnn2c(NCC3CCN(C(=O)C4CCOC4)CC3)cc(-c3ccccc3Cl)nc12. The number of likely N-dealkylation sites (tertiary alicyclic amines) is 1. The molecule has 5 rings (SSSR count). The number of hydrogen-bond donors (Lipinski definition) is 1. The second-order valence-corrected chi connectivity index (χ2v) is 9.19. The third-order valence-corrected chi connectivity index (χ3v) is 6.90. The van der Waals surface area contributed by atoms with E-state index >= 15 is 0 Å². The first-order valence-electron chi connectivity index (χ1n) is 11.3. The number of nitrogens with one attached hydrogen (secondary N) is 1. The Labute approximate surface area is 193 Å². The zero-order valence-electron chi connectivity index (χ0n) is 18.3. The van der Waals surface area contributed by atoms with Crippen LogP contribution in [0, 0.1) is 11.8 Å². The third-order valence-electron chi connectivity index (χ3n) is 6.57. The van der Waals surface area contributed by atoms with Crippen LogP contribution in [0.1, 0.15) is 19.3 Å². The van der Waals surface area contributed by atoms with Crippen molar-refractivity contribution in [1.29, 1.82) is 0 Å². The van der Waals surface area contributed by atoms with Crippen molar-refractivity contribution in [2.45, 2.75) is 19.3 Å². The number of carbonyl (C=O) groups excluding carboxylic acids is 1. The summed E-state index contributed by atoms with van der Waals surface area (Å²) >= 11 is 6.44. The summed E-state index contributed by atoms with van der Waals surface area (Å²) in [7, 11) is 2.01. The highest BCUT2D eigenvalue weighted by atomic mass is 35.5. The zero-order valence-corrected chi connectivity index (χ0v) is 19.0. The third kappa shape index (κ3) is 4.21. The summed E-state index contributed by atoms with van der Waals surface area (Å²) in [6.45, 7) is 3.75. The Morgan fingerprint density at radius 1 is 1.25 bits per heavy atom. The van der Waals surface area contributed by atoms with Gasteiger partial charge in [-0.15, -0.1) is 0 Å². The molecule has 4 heterocycles. The number of nitrogens with zero attached hydrogens (tertiary/aromatic N) is 4. The van der Waals surface area contributed by atoms with Crippen LogP contribution in [0.2, 0.25) is 5.02 Å². The number of rotatable bonds is 5. The second-order valence-electron chi connectivity index (χ2n) is 8.78. The summed E-state index contributed by atoms with van der Waals surface area (Å²) in [5.41, 5.74) is 3.57. The molecule has 0 radical (unpaired) electrons. The molecule has 0 saturated carbocycles. The molecule has 0 spiro atoms. The number of hydrogen-bond acceptors (Lipinski definition) is 5. The van der Waals surface area contributed by atoms with Gasteiger partial charge < -0.3 is 15.0 Å². The van der Waals surface area contributed by atoms with E-state index in [2.05, 4.69) is 10.4 Å². The normalized spacial score (nSPS) is 19.5. The van der Waals surface area contributed by atoms with E-state index in [-0.39, 0.29) is 11.8 Å². The fraction of sp³-hybridized carbons (Fsp3) is 0.435. The molecule has 0 aliphatic carbocycles. The van der Waals surface area contributed by atoms with Gasteiger partial charge in [0.15, 0.2) is 5.65 Å². The second kappa shape index (κ2) is 9.12. The van der Waals surface area contributed by atoms with Crippen LogP contribution in [0.4, 0.5) is 5.82 Å². The number of piperidine rings is 1. The lowest BCUT2D eigenvalue weighted by Gasteiger charge is -2.33. The average molecular weight is 452 g/mol. The van der Waals surface area contributed by atoms with Gasteiger partial charge in [0.1, 0.15) is 13.7 Å². The molecule has 3 aromatic rings. The number of benzene rings is 1. The Morgan fingerprint density at radius 2 is 2.06 bits per heavy atom. The first-order valence-corrected chi connectivity index (χ1v) is 11.7. The number of anilines is 1. The van der Waals surface area contributed by atoms with Crippen LogP contribution in [0.5, 0.6) is 0 Å². The van der Waals surface area contributed by atoms with Crippen molar-refractivity contribution < 1.29 is 9.53 Å². The van der Waals surface area contributed by atoms with Crippen molar-refractivity contribution >= 4 is 42.3 Å². The van der Waals surface area contributed by atoms with Crippen LogP contribution >= 0.6 is 11.6 Å². The molecule has 7 nitrogen and oxygen atoms in total. The lowest BCUT2D eigenvalue weighted by molar-refractivity contribution is -0.136. The van der Waals surface area contributed by atoms with Crippen LogP contribution in [0.25, 0.3) is 16.9 Å². The molecule has 1 aromatic carbocycles. The maximum Gasteiger partial charge on any atom is 0.228 e. The number of aromatic nitrogens is 3. The minimum Gasteiger partial charge on any atom is -0.381 e.